The lowest BCUT2D eigenvalue weighted by atomic mass is 9.98. The summed E-state index contributed by atoms with van der Waals surface area (Å²) in [6.07, 6.45) is -0.171. The lowest BCUT2D eigenvalue weighted by Crippen LogP contribution is -2.24. The zero-order valence-electron chi connectivity index (χ0n) is 11.5. The van der Waals surface area contributed by atoms with Crippen LogP contribution in [0.2, 0.25) is 5.02 Å². The molecule has 0 aliphatic heterocycles. The van der Waals surface area contributed by atoms with Gasteiger partial charge in [-0.15, -0.1) is 0 Å². The van der Waals surface area contributed by atoms with Crippen molar-refractivity contribution in [2.24, 2.45) is 0 Å². The SMILES string of the molecule is O=C(c1cc(CO)c(C(O)c2ccc(F)c(Cl)c2)cn1)N(O)O. The molecule has 0 bridgehead atoms. The van der Waals surface area contributed by atoms with Crippen LogP contribution in [0.25, 0.3) is 0 Å². The van der Waals surface area contributed by atoms with Crippen LogP contribution in [-0.4, -0.2) is 36.7 Å². The van der Waals surface area contributed by atoms with E-state index in [4.69, 9.17) is 22.0 Å². The van der Waals surface area contributed by atoms with Gasteiger partial charge in [0.2, 0.25) is 0 Å². The number of aromatic nitrogens is 1. The van der Waals surface area contributed by atoms with Gasteiger partial charge >= 0.3 is 5.91 Å². The maximum Gasteiger partial charge on any atom is 0.321 e. The van der Waals surface area contributed by atoms with Crippen molar-refractivity contribution in [2.45, 2.75) is 12.7 Å². The zero-order valence-corrected chi connectivity index (χ0v) is 12.3. The second-order valence-corrected chi connectivity index (χ2v) is 5.00. The Morgan fingerprint density at radius 3 is 2.61 bits per heavy atom. The molecule has 1 atom stereocenters. The van der Waals surface area contributed by atoms with Gasteiger partial charge in [0.25, 0.3) is 0 Å². The van der Waals surface area contributed by atoms with Gasteiger partial charge in [-0.25, -0.2) is 4.39 Å². The molecule has 0 aliphatic carbocycles. The quantitative estimate of drug-likeness (QED) is 0.496. The lowest BCUT2D eigenvalue weighted by molar-refractivity contribution is -0.260. The minimum Gasteiger partial charge on any atom is -0.392 e. The molecule has 1 aromatic carbocycles. The average Bonchev–Trinajstić information content (AvgIpc) is 2.55. The van der Waals surface area contributed by atoms with Crippen molar-refractivity contribution in [3.05, 3.63) is 63.7 Å². The monoisotopic (exact) mass is 342 g/mol. The smallest absolute Gasteiger partial charge is 0.321 e. The number of hydrogen-bond donors (Lipinski definition) is 4. The molecular weight excluding hydrogens is 331 g/mol. The molecule has 4 N–H and O–H groups in total. The summed E-state index contributed by atoms with van der Waals surface area (Å²) in [4.78, 5) is 15.1. The molecule has 7 nitrogen and oxygen atoms in total. The predicted octanol–water partition coefficient (Wildman–Crippen LogP) is 1.67. The summed E-state index contributed by atoms with van der Waals surface area (Å²) >= 11 is 5.66. The summed E-state index contributed by atoms with van der Waals surface area (Å²) < 4.78 is 13.2. The fourth-order valence-electron chi connectivity index (χ4n) is 1.97. The molecule has 1 heterocycles. The molecule has 2 aromatic rings. The van der Waals surface area contributed by atoms with Gasteiger partial charge in [0, 0.05) is 11.8 Å². The van der Waals surface area contributed by atoms with Gasteiger partial charge in [-0.1, -0.05) is 22.9 Å². The fourth-order valence-corrected chi connectivity index (χ4v) is 2.16. The molecule has 0 spiro atoms. The molecule has 0 fully saturated rings. The maximum atomic E-state index is 13.2. The third-order valence-electron chi connectivity index (χ3n) is 3.15. The second-order valence-electron chi connectivity index (χ2n) is 4.60. The Labute approximate surface area is 134 Å². The van der Waals surface area contributed by atoms with Gasteiger partial charge in [0.1, 0.15) is 17.6 Å². The van der Waals surface area contributed by atoms with Crippen molar-refractivity contribution in [3.8, 4) is 0 Å². The number of carbonyl (C=O) groups is 1. The molecule has 0 radical (unpaired) electrons. The molecule has 1 unspecified atom stereocenters. The van der Waals surface area contributed by atoms with Gasteiger partial charge in [-0.3, -0.25) is 20.2 Å². The highest BCUT2D eigenvalue weighted by Gasteiger charge is 2.20. The van der Waals surface area contributed by atoms with Gasteiger partial charge in [-0.2, -0.15) is 0 Å². The van der Waals surface area contributed by atoms with E-state index in [-0.39, 0.29) is 27.4 Å². The Bertz CT molecular complexity index is 741. The highest BCUT2D eigenvalue weighted by Crippen LogP contribution is 2.28. The number of carbonyl (C=O) groups excluding carboxylic acids is 1. The molecule has 1 aromatic heterocycles. The van der Waals surface area contributed by atoms with E-state index < -0.39 is 29.7 Å². The van der Waals surface area contributed by atoms with Crippen LogP contribution in [-0.2, 0) is 6.61 Å². The van der Waals surface area contributed by atoms with Crippen molar-refractivity contribution in [1.82, 2.24) is 10.2 Å². The summed E-state index contributed by atoms with van der Waals surface area (Å²) in [6.45, 7) is -0.541. The molecule has 2 rings (SSSR count). The van der Waals surface area contributed by atoms with Crippen LogP contribution in [0.4, 0.5) is 4.39 Å². The number of aliphatic hydroxyl groups excluding tert-OH is 2. The van der Waals surface area contributed by atoms with E-state index in [1.54, 1.807) is 0 Å². The van der Waals surface area contributed by atoms with E-state index in [1.807, 2.05) is 0 Å². The molecule has 0 aliphatic rings. The van der Waals surface area contributed by atoms with Gasteiger partial charge in [-0.05, 0) is 29.3 Å². The van der Waals surface area contributed by atoms with Crippen LogP contribution >= 0.6 is 11.6 Å². The van der Waals surface area contributed by atoms with Crippen molar-refractivity contribution in [1.29, 1.82) is 0 Å². The van der Waals surface area contributed by atoms with Gasteiger partial charge < -0.3 is 10.2 Å². The van der Waals surface area contributed by atoms with Crippen molar-refractivity contribution in [2.75, 3.05) is 0 Å². The Kier molecular flexibility index (Phi) is 5.24. The van der Waals surface area contributed by atoms with E-state index in [9.17, 15) is 19.4 Å². The highest BCUT2D eigenvalue weighted by molar-refractivity contribution is 6.30. The molecule has 0 saturated heterocycles. The Morgan fingerprint density at radius 2 is 2.04 bits per heavy atom. The number of nitrogens with zero attached hydrogens (tertiary/aromatic N) is 2. The Morgan fingerprint density at radius 1 is 1.35 bits per heavy atom. The summed E-state index contributed by atoms with van der Waals surface area (Å²) in [5.41, 5.74) is 0.220. The minimum atomic E-state index is -1.27. The summed E-state index contributed by atoms with van der Waals surface area (Å²) in [5, 5.41) is 36.3. The van der Waals surface area contributed by atoms with Crippen LogP contribution < -0.4 is 0 Å². The summed E-state index contributed by atoms with van der Waals surface area (Å²) in [6, 6.07) is 4.73. The first-order valence-electron chi connectivity index (χ1n) is 6.30. The van der Waals surface area contributed by atoms with Gasteiger partial charge in [0.15, 0.2) is 0 Å². The van der Waals surface area contributed by atoms with Crippen LogP contribution in [0.1, 0.15) is 33.3 Å². The predicted molar refractivity (Wildman–Crippen MR) is 75.4 cm³/mol. The van der Waals surface area contributed by atoms with Crippen LogP contribution in [0.3, 0.4) is 0 Å². The van der Waals surface area contributed by atoms with Crippen LogP contribution in [0.15, 0.2) is 30.5 Å². The molecular formula is C14H12ClFN2O5. The van der Waals surface area contributed by atoms with E-state index in [0.29, 0.717) is 0 Å². The molecule has 9 heteroatoms. The molecule has 122 valence electrons. The number of hydroxylamine groups is 2. The van der Waals surface area contributed by atoms with E-state index in [2.05, 4.69) is 4.98 Å². The zero-order chi connectivity index (χ0) is 17.1. The highest BCUT2D eigenvalue weighted by atomic mass is 35.5. The molecule has 0 saturated carbocycles. The number of amides is 1. The summed E-state index contributed by atoms with van der Waals surface area (Å²) in [7, 11) is 0. The third kappa shape index (κ3) is 3.63. The first-order valence-corrected chi connectivity index (χ1v) is 6.67. The number of rotatable bonds is 4. The topological polar surface area (TPSA) is 114 Å². The van der Waals surface area contributed by atoms with Crippen molar-refractivity contribution >= 4 is 17.5 Å². The van der Waals surface area contributed by atoms with Gasteiger partial charge in [0.05, 0.1) is 11.6 Å². The average molecular weight is 343 g/mol. The van der Waals surface area contributed by atoms with Crippen LogP contribution in [0.5, 0.6) is 0 Å². The van der Waals surface area contributed by atoms with Crippen LogP contribution in [0, 0.1) is 5.82 Å². The van der Waals surface area contributed by atoms with E-state index in [1.165, 1.54) is 12.1 Å². The number of pyridine rings is 1. The minimum absolute atomic E-state index is 0.137. The lowest BCUT2D eigenvalue weighted by Gasteiger charge is -2.16. The Balaban J connectivity index is 2.42. The first kappa shape index (κ1) is 17.3. The maximum absolute atomic E-state index is 13.2. The standard InChI is InChI=1S/C14H12ClFN2O5/c15-10-3-7(1-2-11(10)16)13(20)9-5-17-12(4-8(9)6-19)14(21)18(22)23/h1-5,13,19-20,22-23H,6H2. The molecule has 23 heavy (non-hydrogen) atoms. The van der Waals surface area contributed by atoms with Crippen molar-refractivity contribution in [3.63, 3.8) is 0 Å². The number of hydrogen-bond acceptors (Lipinski definition) is 6. The van der Waals surface area contributed by atoms with Crippen molar-refractivity contribution < 1.29 is 29.8 Å². The Hall–Kier alpha value is -2.10. The number of halogens is 2. The normalized spacial score (nSPS) is 12.1. The third-order valence-corrected chi connectivity index (χ3v) is 3.44. The fraction of sp³-hybridized carbons (Fsp3) is 0.143. The number of aliphatic hydroxyl groups is 2. The second kappa shape index (κ2) is 6.99. The first-order chi connectivity index (χ1) is 10.8. The van der Waals surface area contributed by atoms with E-state index in [0.717, 1.165) is 18.3 Å². The summed E-state index contributed by atoms with van der Waals surface area (Å²) in [5.74, 6) is -1.85. The van der Waals surface area contributed by atoms with E-state index >= 15 is 0 Å². The molecule has 1 amide bonds. The number of benzene rings is 1. The largest absolute Gasteiger partial charge is 0.392 e.